The van der Waals surface area contributed by atoms with E-state index < -0.39 is 0 Å². The Hall–Kier alpha value is -2.72. The van der Waals surface area contributed by atoms with Crippen molar-refractivity contribution in [2.45, 2.75) is 43.9 Å². The molecule has 0 bridgehead atoms. The Balaban J connectivity index is 0.000000941. The molecule has 1 aliphatic carbocycles. The van der Waals surface area contributed by atoms with Crippen molar-refractivity contribution in [1.29, 1.82) is 0 Å². The van der Waals surface area contributed by atoms with Crippen LogP contribution in [0.4, 0.5) is 5.82 Å². The second-order valence-corrected chi connectivity index (χ2v) is 7.03. The van der Waals surface area contributed by atoms with Gasteiger partial charge in [0, 0.05) is 25.3 Å². The minimum atomic E-state index is -0.250. The van der Waals surface area contributed by atoms with Crippen molar-refractivity contribution in [2.75, 3.05) is 26.1 Å². The summed E-state index contributed by atoms with van der Waals surface area (Å²) in [6.45, 7) is 0.755. The van der Waals surface area contributed by atoms with Crippen LogP contribution in [0.25, 0.3) is 0 Å². The lowest BCUT2D eigenvalue weighted by atomic mass is 9.85. The molecule has 2 heterocycles. The molecular weight excluding hydrogens is 380 g/mol. The molecule has 0 radical (unpaired) electrons. The minimum absolute atomic E-state index is 0.0283. The number of hydrogen-bond donors (Lipinski definition) is 4. The number of hydrogen-bond acceptors (Lipinski definition) is 7. The smallest absolute Gasteiger partial charge is 0.290 e. The number of nitrogens with one attached hydrogen (secondary N) is 2. The molecule has 2 amide bonds. The van der Waals surface area contributed by atoms with Gasteiger partial charge in [-0.2, -0.15) is 0 Å². The fourth-order valence-electron chi connectivity index (χ4n) is 3.51. The summed E-state index contributed by atoms with van der Waals surface area (Å²) in [5, 5.41) is 12.9. The molecular formula is C19H28N4O6. The van der Waals surface area contributed by atoms with Crippen molar-refractivity contribution in [1.82, 2.24) is 15.6 Å². The highest BCUT2D eigenvalue weighted by atomic mass is 16.5. The highest BCUT2D eigenvalue weighted by Crippen LogP contribution is 2.25. The first-order chi connectivity index (χ1) is 14.0. The predicted octanol–water partition coefficient (Wildman–Crippen LogP) is 0.183. The average molecular weight is 408 g/mol. The maximum absolute atomic E-state index is 12.5. The summed E-state index contributed by atoms with van der Waals surface area (Å²) in [6, 6.07) is 3.26. The first kappa shape index (κ1) is 22.6. The van der Waals surface area contributed by atoms with E-state index in [0.717, 1.165) is 25.7 Å². The monoisotopic (exact) mass is 408 g/mol. The molecule has 160 valence electrons. The van der Waals surface area contributed by atoms with Crippen molar-refractivity contribution in [3.63, 3.8) is 0 Å². The van der Waals surface area contributed by atoms with Gasteiger partial charge in [0.2, 0.25) is 5.91 Å². The van der Waals surface area contributed by atoms with E-state index in [4.69, 9.17) is 25.1 Å². The van der Waals surface area contributed by atoms with E-state index in [1.807, 2.05) is 0 Å². The van der Waals surface area contributed by atoms with Gasteiger partial charge < -0.3 is 30.9 Å². The second kappa shape index (κ2) is 11.3. The lowest BCUT2D eigenvalue weighted by molar-refractivity contribution is -0.127. The van der Waals surface area contributed by atoms with Gasteiger partial charge in [0.05, 0.1) is 24.8 Å². The number of carbonyl (C=O) groups is 3. The van der Waals surface area contributed by atoms with Crippen molar-refractivity contribution < 1.29 is 29.0 Å². The number of anilines is 1. The van der Waals surface area contributed by atoms with Gasteiger partial charge in [0.1, 0.15) is 11.9 Å². The van der Waals surface area contributed by atoms with Crippen molar-refractivity contribution >= 4 is 24.1 Å². The summed E-state index contributed by atoms with van der Waals surface area (Å²) < 4.78 is 10.7. The van der Waals surface area contributed by atoms with Gasteiger partial charge in [-0.05, 0) is 37.8 Å². The fraction of sp³-hybridized carbons (Fsp3) is 0.579. The lowest BCUT2D eigenvalue weighted by Crippen LogP contribution is -2.47. The van der Waals surface area contributed by atoms with Gasteiger partial charge in [0.25, 0.3) is 12.4 Å². The highest BCUT2D eigenvalue weighted by molar-refractivity contribution is 5.94. The molecule has 2 aliphatic rings. The van der Waals surface area contributed by atoms with Gasteiger partial charge in [-0.25, -0.2) is 4.98 Å². The summed E-state index contributed by atoms with van der Waals surface area (Å²) in [4.78, 5) is 37.0. The number of pyridine rings is 1. The number of carbonyl (C=O) groups excluding carboxylic acids is 2. The highest BCUT2D eigenvalue weighted by Gasteiger charge is 2.33. The first-order valence-electron chi connectivity index (χ1n) is 9.49. The second-order valence-electron chi connectivity index (χ2n) is 7.03. The van der Waals surface area contributed by atoms with Crippen LogP contribution in [-0.2, 0) is 19.1 Å². The number of nitrogen functional groups attached to an aromatic ring is 1. The number of aromatic nitrogens is 1. The number of amides is 2. The molecule has 0 spiro atoms. The van der Waals surface area contributed by atoms with E-state index in [1.165, 1.54) is 6.20 Å². The van der Waals surface area contributed by atoms with Gasteiger partial charge in [-0.15, -0.1) is 0 Å². The fourth-order valence-corrected chi connectivity index (χ4v) is 3.51. The van der Waals surface area contributed by atoms with Crippen LogP contribution < -0.4 is 16.4 Å². The third-order valence-corrected chi connectivity index (χ3v) is 5.14. The maximum atomic E-state index is 12.5. The first-order valence-corrected chi connectivity index (χ1v) is 9.49. The number of nitrogens with zero attached hydrogens (tertiary/aromatic N) is 1. The zero-order chi connectivity index (χ0) is 21.2. The SMILES string of the molecule is CO[C@H]1COC[C@@H]1NC(=O)C1CCC(NC(=O)c2ccc(N)nc2)CC1.O=CO. The molecule has 1 saturated carbocycles. The van der Waals surface area contributed by atoms with Crippen molar-refractivity contribution in [3.8, 4) is 0 Å². The topological polar surface area (TPSA) is 153 Å². The number of ether oxygens (including phenoxy) is 2. The van der Waals surface area contributed by atoms with Gasteiger partial charge >= 0.3 is 0 Å². The zero-order valence-corrected chi connectivity index (χ0v) is 16.4. The van der Waals surface area contributed by atoms with E-state index >= 15 is 0 Å². The molecule has 3 rings (SSSR count). The predicted molar refractivity (Wildman–Crippen MR) is 104 cm³/mol. The third-order valence-electron chi connectivity index (χ3n) is 5.14. The van der Waals surface area contributed by atoms with Crippen LogP contribution in [0, 0.1) is 5.92 Å². The summed E-state index contributed by atoms with van der Waals surface area (Å²) >= 11 is 0. The molecule has 2 fully saturated rings. The molecule has 1 aliphatic heterocycles. The van der Waals surface area contributed by atoms with Crippen LogP contribution in [0.1, 0.15) is 36.0 Å². The van der Waals surface area contributed by atoms with E-state index in [1.54, 1.807) is 19.2 Å². The standard InChI is InChI=1S/C18H26N4O4.CH2O2/c1-25-15-10-26-9-14(15)22-17(23)11-2-5-13(6-3-11)21-18(24)12-4-7-16(19)20-8-12;2-1-3/h4,7-8,11,13-15H,2-3,5-6,9-10H2,1H3,(H2,19,20)(H,21,24)(H,22,23);1H,(H,2,3)/t11?,13?,14-,15-;/m0./s1. The summed E-state index contributed by atoms with van der Waals surface area (Å²) in [6.07, 6.45) is 4.45. The molecule has 0 unspecified atom stereocenters. The largest absolute Gasteiger partial charge is 0.483 e. The molecule has 10 heteroatoms. The van der Waals surface area contributed by atoms with Crippen LogP contribution in [0.5, 0.6) is 0 Å². The van der Waals surface area contributed by atoms with Gasteiger partial charge in [-0.1, -0.05) is 0 Å². The Kier molecular flexibility index (Phi) is 8.81. The molecule has 29 heavy (non-hydrogen) atoms. The Bertz CT molecular complexity index is 676. The number of carboxylic acid groups (broad SMARTS) is 1. The number of nitrogens with two attached hydrogens (primary N) is 1. The quantitative estimate of drug-likeness (QED) is 0.504. The van der Waals surface area contributed by atoms with E-state index in [2.05, 4.69) is 15.6 Å². The number of methoxy groups -OCH3 is 1. The zero-order valence-electron chi connectivity index (χ0n) is 16.4. The van der Waals surface area contributed by atoms with Crippen LogP contribution in [0.15, 0.2) is 18.3 Å². The summed E-state index contributed by atoms with van der Waals surface area (Å²) in [7, 11) is 1.63. The van der Waals surface area contributed by atoms with Gasteiger partial charge in [0.15, 0.2) is 0 Å². The third kappa shape index (κ3) is 6.68. The van der Waals surface area contributed by atoms with Gasteiger partial charge in [-0.3, -0.25) is 14.4 Å². The molecule has 2 atom stereocenters. The molecule has 1 saturated heterocycles. The molecule has 1 aromatic heterocycles. The van der Waals surface area contributed by atoms with Crippen LogP contribution in [0.2, 0.25) is 0 Å². The van der Waals surface area contributed by atoms with E-state index in [9.17, 15) is 9.59 Å². The van der Waals surface area contributed by atoms with Crippen LogP contribution in [0.3, 0.4) is 0 Å². The van der Waals surface area contributed by atoms with Crippen molar-refractivity contribution in [3.05, 3.63) is 23.9 Å². The lowest BCUT2D eigenvalue weighted by Gasteiger charge is -2.29. The molecule has 10 nitrogen and oxygen atoms in total. The average Bonchev–Trinajstić information content (AvgIpc) is 3.16. The maximum Gasteiger partial charge on any atom is 0.290 e. The summed E-state index contributed by atoms with van der Waals surface area (Å²) in [5.74, 6) is 0.252. The Labute approximate surface area is 169 Å². The van der Waals surface area contributed by atoms with Crippen LogP contribution >= 0.6 is 0 Å². The minimum Gasteiger partial charge on any atom is -0.483 e. The normalized spacial score (nSPS) is 26.0. The van der Waals surface area contributed by atoms with Crippen molar-refractivity contribution in [2.24, 2.45) is 5.92 Å². The van der Waals surface area contributed by atoms with Crippen LogP contribution in [-0.4, -0.2) is 66.9 Å². The van der Waals surface area contributed by atoms with E-state index in [0.29, 0.717) is 24.6 Å². The molecule has 0 aromatic carbocycles. The molecule has 1 aromatic rings. The Morgan fingerprint density at radius 2 is 1.93 bits per heavy atom. The van der Waals surface area contributed by atoms with E-state index in [-0.39, 0.29) is 42.4 Å². The summed E-state index contributed by atoms with van der Waals surface area (Å²) in [5.41, 5.74) is 6.03. The molecule has 5 N–H and O–H groups in total. The Morgan fingerprint density at radius 3 is 2.52 bits per heavy atom. The number of rotatable bonds is 5. The Morgan fingerprint density at radius 1 is 1.24 bits per heavy atom.